The molecule has 17 rings (SSSR count). The largest absolute Gasteiger partial charge is 0.254 e. The van der Waals surface area contributed by atoms with Crippen molar-refractivity contribution in [3.63, 3.8) is 0 Å². The maximum absolute atomic E-state index is 6.11. The summed E-state index contributed by atoms with van der Waals surface area (Å²) in [7, 11) is 0. The molecule has 0 saturated heterocycles. The Morgan fingerprint density at radius 1 is 0.180 bits per heavy atom. The van der Waals surface area contributed by atoms with Crippen LogP contribution >= 0.6 is 0 Å². The third-order valence-electron chi connectivity index (χ3n) is 30.4. The predicted octanol–water partition coefficient (Wildman–Crippen LogP) is 35.4. The Hall–Kier alpha value is -9.38. The lowest BCUT2D eigenvalue weighted by Crippen LogP contribution is -2.26. The Morgan fingerprint density at radius 2 is 0.402 bits per heavy atom. The van der Waals surface area contributed by atoms with Gasteiger partial charge >= 0.3 is 0 Å². The second-order valence-electron chi connectivity index (χ2n) is 38.0. The lowest BCUT2D eigenvalue weighted by atomic mass is 9.69. The van der Waals surface area contributed by atoms with Gasteiger partial charge in [0.25, 0.3) is 0 Å². The fraction of sp³-hybridized carbons (Fsp3) is 0.441. The third kappa shape index (κ3) is 15.8. The highest BCUT2D eigenvalue weighted by Crippen LogP contribution is 2.62. The first-order valence-electron chi connectivity index (χ1n) is 49.5. The number of aromatic nitrogens is 4. The van der Waals surface area contributed by atoms with Crippen LogP contribution in [0, 0.1) is 0 Å². The molecule has 0 unspecified atom stereocenters. The normalized spacial score (nSPS) is 14.5. The first-order valence-corrected chi connectivity index (χ1v) is 49.5. The van der Waals surface area contributed by atoms with Gasteiger partial charge < -0.3 is 0 Å². The quantitative estimate of drug-likeness (QED) is 0.0217. The first kappa shape index (κ1) is 84.8. The summed E-state index contributed by atoms with van der Waals surface area (Å²) in [6, 6.07) is 78.8. The van der Waals surface area contributed by atoms with E-state index in [1.165, 1.54) is 331 Å². The molecule has 0 spiro atoms. The zero-order valence-corrected chi connectivity index (χ0v) is 75.7. The van der Waals surface area contributed by atoms with E-state index in [1.54, 1.807) is 22.3 Å². The summed E-state index contributed by atoms with van der Waals surface area (Å²) in [6.45, 7) is 18.9. The van der Waals surface area contributed by atoms with Crippen LogP contribution in [0.2, 0.25) is 0 Å². The van der Waals surface area contributed by atoms with Gasteiger partial charge in [-0.15, -0.1) is 0 Å². The van der Waals surface area contributed by atoms with Gasteiger partial charge in [0.1, 0.15) is 0 Å². The molecule has 4 nitrogen and oxygen atoms in total. The maximum atomic E-state index is 6.11. The highest BCUT2D eigenvalue weighted by molar-refractivity contribution is 6.22. The van der Waals surface area contributed by atoms with Crippen LogP contribution < -0.4 is 0 Å². The molecule has 0 aliphatic heterocycles. The van der Waals surface area contributed by atoms with Crippen molar-refractivity contribution in [1.29, 1.82) is 0 Å². The lowest BCUT2D eigenvalue weighted by molar-refractivity contribution is 0.401. The van der Waals surface area contributed by atoms with Crippen LogP contribution in [-0.2, 0) is 21.7 Å². The Morgan fingerprint density at radius 3 is 0.664 bits per heavy atom. The van der Waals surface area contributed by atoms with Crippen LogP contribution in [0.1, 0.15) is 357 Å². The average Bonchev–Trinajstić information content (AvgIpc) is 1.68. The molecule has 10 aromatic carbocycles. The van der Waals surface area contributed by atoms with Crippen molar-refractivity contribution in [1.82, 2.24) is 19.9 Å². The molecule has 0 bridgehead atoms. The van der Waals surface area contributed by atoms with Gasteiger partial charge in [-0.2, -0.15) is 0 Å². The average molecular weight is 1610 g/mol. The topological polar surface area (TPSA) is 51.6 Å². The van der Waals surface area contributed by atoms with E-state index in [-0.39, 0.29) is 21.7 Å². The molecule has 0 atom stereocenters. The molecule has 3 heterocycles. The summed E-state index contributed by atoms with van der Waals surface area (Å²) in [5, 5.41) is 1.96. The molecule has 0 N–H and O–H groups in total. The third-order valence-corrected chi connectivity index (χ3v) is 30.4. The molecule has 13 aromatic rings. The Bertz CT molecular complexity index is 5440. The number of nitrogens with zero attached hydrogens (tertiary/aromatic N) is 4. The van der Waals surface area contributed by atoms with E-state index < -0.39 is 0 Å². The van der Waals surface area contributed by atoms with Gasteiger partial charge in [0.15, 0.2) is 0 Å². The van der Waals surface area contributed by atoms with Crippen LogP contribution in [0.3, 0.4) is 0 Å². The van der Waals surface area contributed by atoms with E-state index >= 15 is 0 Å². The van der Waals surface area contributed by atoms with E-state index in [0.29, 0.717) is 0 Å². The van der Waals surface area contributed by atoms with Crippen molar-refractivity contribution in [2.75, 3.05) is 0 Å². The molecule has 4 aliphatic rings. The lowest BCUT2D eigenvalue weighted by Gasteiger charge is -2.34. The first-order chi connectivity index (χ1) is 60.1. The van der Waals surface area contributed by atoms with Crippen LogP contribution in [0.5, 0.6) is 0 Å². The molecule has 3 aromatic heterocycles. The van der Waals surface area contributed by atoms with E-state index in [0.717, 1.165) is 80.7 Å². The van der Waals surface area contributed by atoms with Gasteiger partial charge in [-0.05, 0) is 234 Å². The van der Waals surface area contributed by atoms with Crippen molar-refractivity contribution >= 4 is 43.9 Å². The van der Waals surface area contributed by atoms with Crippen molar-refractivity contribution in [2.24, 2.45) is 0 Å². The molecule has 630 valence electrons. The summed E-state index contributed by atoms with van der Waals surface area (Å²) in [5.41, 5.74) is 39.0. The second-order valence-corrected chi connectivity index (χ2v) is 38.0. The Balaban J connectivity index is 0.819. The maximum Gasteiger partial charge on any atom is 0.0996 e. The van der Waals surface area contributed by atoms with Crippen molar-refractivity contribution in [3.05, 3.63) is 251 Å². The summed E-state index contributed by atoms with van der Waals surface area (Å²) < 4.78 is 0. The number of pyridine rings is 2. The zero-order chi connectivity index (χ0) is 83.6. The number of rotatable bonds is 44. The van der Waals surface area contributed by atoms with Crippen LogP contribution in [-0.4, -0.2) is 19.9 Å². The number of benzene rings is 10. The molecule has 4 heteroatoms. The van der Waals surface area contributed by atoms with E-state index in [4.69, 9.17) is 19.9 Å². The van der Waals surface area contributed by atoms with Gasteiger partial charge in [-0.25, -0.2) is 9.97 Å². The Kier molecular flexibility index (Phi) is 26.7. The van der Waals surface area contributed by atoms with Crippen LogP contribution in [0.4, 0.5) is 0 Å². The second kappa shape index (κ2) is 38.4. The zero-order valence-electron chi connectivity index (χ0n) is 75.7. The van der Waals surface area contributed by atoms with Crippen molar-refractivity contribution in [2.45, 2.75) is 334 Å². The smallest absolute Gasteiger partial charge is 0.0996 e. The number of hydrogen-bond donors (Lipinski definition) is 0. The minimum Gasteiger partial charge on any atom is -0.254 e. The van der Waals surface area contributed by atoms with E-state index in [1.807, 2.05) is 12.4 Å². The summed E-state index contributed by atoms with van der Waals surface area (Å²) >= 11 is 0. The number of unbranched alkanes of at least 4 members (excludes halogenated alkanes) is 24. The van der Waals surface area contributed by atoms with Crippen LogP contribution in [0.15, 0.2) is 207 Å². The Labute approximate surface area is 732 Å². The van der Waals surface area contributed by atoms with Gasteiger partial charge in [0, 0.05) is 56.0 Å². The van der Waals surface area contributed by atoms with E-state index in [2.05, 4.69) is 250 Å². The van der Waals surface area contributed by atoms with Gasteiger partial charge in [0.2, 0.25) is 0 Å². The molecular weight excluding hydrogens is 1470 g/mol. The van der Waals surface area contributed by atoms with Crippen LogP contribution in [0.25, 0.3) is 133 Å². The summed E-state index contributed by atoms with van der Waals surface area (Å²) in [4.78, 5) is 22.4. The molecule has 4 aliphatic carbocycles. The standard InChI is InChI=1S/C118H138N4/c1-9-17-25-37-67-115(68-38-26-18-10-2)101-51-35-33-47-91(101)93-59-53-83(77-103(93)115)85-55-61-95-97-63-57-87(81-107(97)117(105(95)79-85,71-41-29-21-13-5)72-42-30-22-14-6)89-65-66-90(112-111(89)121-113-99-49-45-75-119-109(99)110-100(114(113)122-112)50-46-76-120-110)88-58-64-98-96-62-56-86(80-106(96)118(108(98)82-88,73-43-31-23-15-7)74-44-32-24-16-8)84-54-60-94-92-48-34-36-52-102(92)116(104(94)78-84,69-39-27-19-11-3)70-40-28-20-12-4/h33-36,45-66,75-82H,9-32,37-44,67-74H2,1-8H3. The van der Waals surface area contributed by atoms with E-state index in [9.17, 15) is 0 Å². The highest BCUT2D eigenvalue weighted by Gasteiger charge is 2.48. The molecule has 0 fully saturated rings. The predicted molar refractivity (Wildman–Crippen MR) is 524 cm³/mol. The minimum atomic E-state index is -0.182. The number of fused-ring (bicyclic) bond motifs is 19. The van der Waals surface area contributed by atoms with Gasteiger partial charge in [-0.1, -0.05) is 394 Å². The summed E-state index contributed by atoms with van der Waals surface area (Å²) in [6.07, 6.45) is 53.3. The minimum absolute atomic E-state index is 0.0171. The SMILES string of the molecule is CCCCCCC1(CCCCCC)c2ccccc2-c2ccc(-c3ccc4c(c3)C(CCCCCC)(CCCCCC)c3cc(-c5ccc(-c6ccc7c(c6)C(CCCCCC)(CCCCCC)c6cc(-c8ccc9c(c8)C(CCCCCC)(CCCCCC)c8ccccc8-9)ccc6-7)c6nc7c8cccnc8c8ncccc8c7nc56)ccc3-4)cc21. The fourth-order valence-electron chi connectivity index (χ4n) is 24.0. The van der Waals surface area contributed by atoms with Gasteiger partial charge in [-0.3, -0.25) is 9.97 Å². The van der Waals surface area contributed by atoms with Crippen molar-refractivity contribution < 1.29 is 0 Å². The van der Waals surface area contributed by atoms with Gasteiger partial charge in [0.05, 0.1) is 33.1 Å². The molecule has 0 radical (unpaired) electrons. The molecular formula is C118H138N4. The fourth-order valence-corrected chi connectivity index (χ4v) is 24.0. The molecule has 122 heavy (non-hydrogen) atoms. The summed E-state index contributed by atoms with van der Waals surface area (Å²) in [5.74, 6) is 0. The molecule has 0 amide bonds. The highest BCUT2D eigenvalue weighted by atomic mass is 14.8. The monoisotopic (exact) mass is 1610 g/mol. The number of hydrogen-bond acceptors (Lipinski definition) is 4. The van der Waals surface area contributed by atoms with Crippen molar-refractivity contribution in [3.8, 4) is 89.0 Å². The molecule has 0 saturated carbocycles.